The lowest BCUT2D eigenvalue weighted by Gasteiger charge is -2.13. The first kappa shape index (κ1) is 18.4. The molecule has 4 rings (SSSR count). The first-order valence-corrected chi connectivity index (χ1v) is 9.96. The largest absolute Gasteiger partial charge is 0.346 e. The zero-order chi connectivity index (χ0) is 19.5. The van der Waals surface area contributed by atoms with E-state index in [1.807, 2.05) is 50.4 Å². The van der Waals surface area contributed by atoms with Crippen molar-refractivity contribution in [3.63, 3.8) is 0 Å². The van der Waals surface area contributed by atoms with E-state index >= 15 is 0 Å². The maximum absolute atomic E-state index is 12.6. The van der Waals surface area contributed by atoms with Gasteiger partial charge in [-0.1, -0.05) is 36.1 Å². The summed E-state index contributed by atoms with van der Waals surface area (Å²) in [6.45, 7) is 4.42. The van der Waals surface area contributed by atoms with Crippen molar-refractivity contribution in [2.45, 2.75) is 52.1 Å². The number of hydrogen-bond donors (Lipinski definition) is 1. The Labute approximate surface area is 165 Å². The maximum Gasteiger partial charge on any atom is 0.251 e. The van der Waals surface area contributed by atoms with Crippen LogP contribution in [0.2, 0.25) is 0 Å². The van der Waals surface area contributed by atoms with Crippen LogP contribution in [0.15, 0.2) is 48.7 Å². The van der Waals surface area contributed by atoms with Gasteiger partial charge in [-0.2, -0.15) is 5.10 Å². The predicted octanol–water partition coefficient (Wildman–Crippen LogP) is 4.61. The van der Waals surface area contributed by atoms with Gasteiger partial charge in [-0.05, 0) is 57.0 Å². The standard InChI is InChI=1S/C23H26N4O/c1-16-11-17(2)13-18(12-16)23(28)25-15-19-14-22(21-9-5-6-10-24-21)27(26-19)20-7-3-4-8-20/h5-6,9-14,20H,3-4,7-8,15H2,1-2H3,(H,25,28). The number of benzene rings is 1. The monoisotopic (exact) mass is 374 g/mol. The fourth-order valence-corrected chi connectivity index (χ4v) is 4.04. The topological polar surface area (TPSA) is 59.8 Å². The molecule has 5 nitrogen and oxygen atoms in total. The van der Waals surface area contributed by atoms with Crippen molar-refractivity contribution in [3.05, 3.63) is 71.0 Å². The number of nitrogens with one attached hydrogen (secondary N) is 1. The molecule has 1 amide bonds. The highest BCUT2D eigenvalue weighted by Gasteiger charge is 2.22. The van der Waals surface area contributed by atoms with Crippen LogP contribution in [0.5, 0.6) is 0 Å². The Hall–Kier alpha value is -2.95. The van der Waals surface area contributed by atoms with Crippen LogP contribution in [0.3, 0.4) is 0 Å². The van der Waals surface area contributed by atoms with E-state index in [4.69, 9.17) is 5.10 Å². The lowest BCUT2D eigenvalue weighted by molar-refractivity contribution is 0.0950. The molecule has 28 heavy (non-hydrogen) atoms. The van der Waals surface area contributed by atoms with Gasteiger partial charge in [0.2, 0.25) is 0 Å². The number of nitrogens with zero attached hydrogens (tertiary/aromatic N) is 3. The third kappa shape index (κ3) is 3.98. The minimum Gasteiger partial charge on any atom is -0.346 e. The fraction of sp³-hybridized carbons (Fsp3) is 0.348. The Kier molecular flexibility index (Phi) is 5.24. The second kappa shape index (κ2) is 7.97. The SMILES string of the molecule is Cc1cc(C)cc(C(=O)NCc2cc(-c3ccccn3)n(C3CCCC3)n2)c1. The smallest absolute Gasteiger partial charge is 0.251 e. The summed E-state index contributed by atoms with van der Waals surface area (Å²) in [5.74, 6) is -0.0680. The molecule has 0 saturated heterocycles. The van der Waals surface area contributed by atoms with Gasteiger partial charge in [-0.25, -0.2) is 0 Å². The van der Waals surface area contributed by atoms with E-state index in [-0.39, 0.29) is 5.91 Å². The molecule has 1 aromatic carbocycles. The summed E-state index contributed by atoms with van der Waals surface area (Å²) >= 11 is 0. The molecule has 0 aliphatic heterocycles. The van der Waals surface area contributed by atoms with E-state index in [1.165, 1.54) is 12.8 Å². The quantitative estimate of drug-likeness (QED) is 0.710. The summed E-state index contributed by atoms with van der Waals surface area (Å²) in [6, 6.07) is 14.3. The Bertz CT molecular complexity index is 951. The molecule has 1 fully saturated rings. The van der Waals surface area contributed by atoms with E-state index in [9.17, 15) is 4.79 Å². The molecular weight excluding hydrogens is 348 g/mol. The van der Waals surface area contributed by atoms with E-state index in [2.05, 4.69) is 27.1 Å². The third-order valence-corrected chi connectivity index (χ3v) is 5.30. The van der Waals surface area contributed by atoms with Crippen molar-refractivity contribution >= 4 is 5.91 Å². The Balaban J connectivity index is 1.55. The van der Waals surface area contributed by atoms with Gasteiger partial charge in [0.25, 0.3) is 5.91 Å². The van der Waals surface area contributed by atoms with Gasteiger partial charge in [0, 0.05) is 11.8 Å². The van der Waals surface area contributed by atoms with E-state index in [1.54, 1.807) is 0 Å². The van der Waals surface area contributed by atoms with Crippen LogP contribution in [0, 0.1) is 13.8 Å². The Morgan fingerprint density at radius 1 is 1.11 bits per heavy atom. The molecule has 1 aliphatic carbocycles. The fourth-order valence-electron chi connectivity index (χ4n) is 4.04. The summed E-state index contributed by atoms with van der Waals surface area (Å²) in [4.78, 5) is 17.1. The summed E-state index contributed by atoms with van der Waals surface area (Å²) in [6.07, 6.45) is 6.59. The summed E-state index contributed by atoms with van der Waals surface area (Å²) in [5.41, 5.74) is 5.70. The molecule has 1 aliphatic rings. The molecule has 1 N–H and O–H groups in total. The molecule has 0 radical (unpaired) electrons. The van der Waals surface area contributed by atoms with E-state index in [0.717, 1.165) is 41.1 Å². The highest BCUT2D eigenvalue weighted by atomic mass is 16.1. The van der Waals surface area contributed by atoms with Crippen LogP contribution in [0.1, 0.15) is 58.9 Å². The van der Waals surface area contributed by atoms with E-state index in [0.29, 0.717) is 18.2 Å². The van der Waals surface area contributed by atoms with Crippen molar-refractivity contribution in [2.24, 2.45) is 0 Å². The maximum atomic E-state index is 12.6. The third-order valence-electron chi connectivity index (χ3n) is 5.30. The molecule has 0 atom stereocenters. The van der Waals surface area contributed by atoms with Crippen LogP contribution in [-0.2, 0) is 6.54 Å². The molecule has 2 aromatic heterocycles. The highest BCUT2D eigenvalue weighted by Crippen LogP contribution is 2.33. The molecule has 0 bridgehead atoms. The number of pyridine rings is 1. The highest BCUT2D eigenvalue weighted by molar-refractivity contribution is 5.94. The molecule has 144 valence electrons. The zero-order valence-electron chi connectivity index (χ0n) is 16.5. The average Bonchev–Trinajstić information content (AvgIpc) is 3.35. The number of aromatic nitrogens is 3. The molecule has 2 heterocycles. The number of carbonyl (C=O) groups excluding carboxylic acids is 1. The first-order valence-electron chi connectivity index (χ1n) is 9.96. The van der Waals surface area contributed by atoms with E-state index < -0.39 is 0 Å². The van der Waals surface area contributed by atoms with Gasteiger partial charge < -0.3 is 5.32 Å². The lowest BCUT2D eigenvalue weighted by atomic mass is 10.1. The average molecular weight is 374 g/mol. The molecular formula is C23H26N4O. The number of carbonyl (C=O) groups is 1. The summed E-state index contributed by atoms with van der Waals surface area (Å²) < 4.78 is 2.12. The predicted molar refractivity (Wildman–Crippen MR) is 110 cm³/mol. The van der Waals surface area contributed by atoms with Crippen LogP contribution < -0.4 is 5.32 Å². The molecule has 0 spiro atoms. The molecule has 0 unspecified atom stereocenters. The number of aryl methyl sites for hydroxylation is 2. The van der Waals surface area contributed by atoms with Crippen LogP contribution in [0.25, 0.3) is 11.4 Å². The summed E-state index contributed by atoms with van der Waals surface area (Å²) in [7, 11) is 0. The van der Waals surface area contributed by atoms with Crippen LogP contribution in [0.4, 0.5) is 0 Å². The van der Waals surface area contributed by atoms with Crippen molar-refractivity contribution < 1.29 is 4.79 Å². The number of rotatable bonds is 5. The van der Waals surface area contributed by atoms with Gasteiger partial charge in [-0.3, -0.25) is 14.5 Å². The van der Waals surface area contributed by atoms with Gasteiger partial charge in [0.1, 0.15) is 0 Å². The number of hydrogen-bond acceptors (Lipinski definition) is 3. The molecule has 5 heteroatoms. The number of amides is 1. The molecule has 1 saturated carbocycles. The second-order valence-corrected chi connectivity index (χ2v) is 7.68. The first-order chi connectivity index (χ1) is 13.6. The minimum atomic E-state index is -0.0680. The van der Waals surface area contributed by atoms with Crippen LogP contribution in [-0.4, -0.2) is 20.7 Å². The van der Waals surface area contributed by atoms with Crippen molar-refractivity contribution in [1.29, 1.82) is 0 Å². The normalized spacial score (nSPS) is 14.4. The van der Waals surface area contributed by atoms with Gasteiger partial charge >= 0.3 is 0 Å². The second-order valence-electron chi connectivity index (χ2n) is 7.68. The Morgan fingerprint density at radius 3 is 2.54 bits per heavy atom. The summed E-state index contributed by atoms with van der Waals surface area (Å²) in [5, 5.41) is 7.85. The van der Waals surface area contributed by atoms with Crippen molar-refractivity contribution in [2.75, 3.05) is 0 Å². The zero-order valence-corrected chi connectivity index (χ0v) is 16.5. The van der Waals surface area contributed by atoms with Crippen molar-refractivity contribution in [1.82, 2.24) is 20.1 Å². The molecule has 3 aromatic rings. The van der Waals surface area contributed by atoms with Gasteiger partial charge in [0.05, 0.1) is 29.7 Å². The van der Waals surface area contributed by atoms with Gasteiger partial charge in [0.15, 0.2) is 0 Å². The van der Waals surface area contributed by atoms with Crippen LogP contribution >= 0.6 is 0 Å². The van der Waals surface area contributed by atoms with Gasteiger partial charge in [-0.15, -0.1) is 0 Å². The van der Waals surface area contributed by atoms with Crippen molar-refractivity contribution in [3.8, 4) is 11.4 Å². The lowest BCUT2D eigenvalue weighted by Crippen LogP contribution is -2.23. The Morgan fingerprint density at radius 2 is 1.86 bits per heavy atom. The minimum absolute atomic E-state index is 0.0680.